The van der Waals surface area contributed by atoms with Gasteiger partial charge in [0, 0.05) is 12.1 Å². The van der Waals surface area contributed by atoms with E-state index in [4.69, 9.17) is 9.15 Å². The van der Waals surface area contributed by atoms with Gasteiger partial charge in [-0.1, -0.05) is 17.8 Å². The number of nitro groups is 1. The van der Waals surface area contributed by atoms with Crippen LogP contribution in [0.3, 0.4) is 0 Å². The van der Waals surface area contributed by atoms with Crippen molar-refractivity contribution in [3.05, 3.63) is 70.3 Å². The van der Waals surface area contributed by atoms with Gasteiger partial charge < -0.3 is 9.15 Å². The molecule has 27 heavy (non-hydrogen) atoms. The summed E-state index contributed by atoms with van der Waals surface area (Å²) in [6.45, 7) is 4.32. The number of hydrogen-bond acceptors (Lipinski definition) is 7. The van der Waals surface area contributed by atoms with Crippen molar-refractivity contribution in [2.45, 2.75) is 11.7 Å². The maximum absolute atomic E-state index is 10.6. The van der Waals surface area contributed by atoms with Crippen LogP contribution in [0.4, 0.5) is 5.88 Å². The number of furan rings is 1. The average molecular weight is 384 g/mol. The van der Waals surface area contributed by atoms with Crippen molar-refractivity contribution in [3.8, 4) is 17.1 Å². The third-order valence-corrected chi connectivity index (χ3v) is 4.36. The van der Waals surface area contributed by atoms with E-state index in [-0.39, 0.29) is 5.88 Å². The first-order valence-electron chi connectivity index (χ1n) is 7.88. The second kappa shape index (κ2) is 8.37. The van der Waals surface area contributed by atoms with Crippen molar-refractivity contribution in [2.24, 2.45) is 0 Å². The number of methoxy groups -OCH3 is 1. The first-order valence-corrected chi connectivity index (χ1v) is 8.76. The number of ether oxygens (including phenoxy) is 1. The summed E-state index contributed by atoms with van der Waals surface area (Å²) < 4.78 is 12.2. The molecule has 0 aliphatic heterocycles. The van der Waals surface area contributed by atoms with Gasteiger partial charge in [-0.05, 0) is 41.8 Å². The van der Waals surface area contributed by atoms with Gasteiger partial charge in [-0.3, -0.25) is 14.7 Å². The lowest BCUT2D eigenvalue weighted by Crippen LogP contribution is -2.00. The molecule has 2 aromatic heterocycles. The molecule has 0 saturated carbocycles. The Labute approximate surface area is 159 Å². The predicted octanol–water partition coefficient (Wildman–Crippen LogP) is 4.40. The van der Waals surface area contributed by atoms with Crippen LogP contribution in [-0.4, -0.2) is 26.8 Å². The zero-order valence-corrected chi connectivity index (χ0v) is 15.3. The summed E-state index contributed by atoms with van der Waals surface area (Å²) in [4.78, 5) is 10.1. The molecule has 0 amide bonds. The highest BCUT2D eigenvalue weighted by atomic mass is 32.2. The van der Waals surface area contributed by atoms with Crippen LogP contribution in [0.1, 0.15) is 5.76 Å². The largest absolute Gasteiger partial charge is 0.497 e. The van der Waals surface area contributed by atoms with Crippen molar-refractivity contribution in [1.82, 2.24) is 14.8 Å². The normalized spacial score (nSPS) is 11.0. The van der Waals surface area contributed by atoms with E-state index in [9.17, 15) is 10.1 Å². The highest BCUT2D eigenvalue weighted by molar-refractivity contribution is 8.02. The van der Waals surface area contributed by atoms with Gasteiger partial charge in [-0.15, -0.1) is 16.8 Å². The molecule has 3 aromatic rings. The fourth-order valence-corrected chi connectivity index (χ4v) is 3.02. The molecule has 0 unspecified atom stereocenters. The van der Waals surface area contributed by atoms with Gasteiger partial charge in [-0.25, -0.2) is 0 Å². The van der Waals surface area contributed by atoms with Gasteiger partial charge in [0.1, 0.15) is 16.4 Å². The van der Waals surface area contributed by atoms with E-state index in [1.54, 1.807) is 24.7 Å². The minimum absolute atomic E-state index is 0.295. The zero-order valence-electron chi connectivity index (χ0n) is 14.4. The molecular formula is C18H16N4O4S. The molecule has 3 rings (SSSR count). The van der Waals surface area contributed by atoms with Crippen LogP contribution in [0.15, 0.2) is 64.0 Å². The van der Waals surface area contributed by atoms with E-state index < -0.39 is 4.92 Å². The summed E-state index contributed by atoms with van der Waals surface area (Å²) in [7, 11) is 1.62. The average Bonchev–Trinajstić information content (AvgIpc) is 3.30. The van der Waals surface area contributed by atoms with Crippen molar-refractivity contribution in [1.29, 1.82) is 0 Å². The number of nitrogens with zero attached hydrogens (tertiary/aromatic N) is 4. The number of hydrogen-bond donors (Lipinski definition) is 0. The summed E-state index contributed by atoms with van der Waals surface area (Å²) in [5.41, 5.74) is 0.905. The molecule has 0 fully saturated rings. The molecule has 0 spiro atoms. The van der Waals surface area contributed by atoms with Crippen LogP contribution in [-0.2, 0) is 6.54 Å². The predicted molar refractivity (Wildman–Crippen MR) is 102 cm³/mol. The van der Waals surface area contributed by atoms with Crippen LogP contribution in [0.5, 0.6) is 5.75 Å². The van der Waals surface area contributed by atoms with Gasteiger partial charge in [-0.2, -0.15) is 0 Å². The maximum Gasteiger partial charge on any atom is 0.433 e. The third kappa shape index (κ3) is 4.26. The van der Waals surface area contributed by atoms with Crippen LogP contribution in [0.25, 0.3) is 17.5 Å². The molecule has 0 aliphatic carbocycles. The number of allylic oxidation sites excluding steroid dienone is 1. The second-order valence-corrected chi connectivity index (χ2v) is 6.16. The lowest BCUT2D eigenvalue weighted by atomic mass is 10.2. The molecule has 9 heteroatoms. The van der Waals surface area contributed by atoms with E-state index in [2.05, 4.69) is 16.8 Å². The van der Waals surface area contributed by atoms with Crippen molar-refractivity contribution < 1.29 is 14.1 Å². The topological polar surface area (TPSA) is 96.2 Å². The highest BCUT2D eigenvalue weighted by Crippen LogP contribution is 2.27. The van der Waals surface area contributed by atoms with E-state index in [0.717, 1.165) is 11.3 Å². The molecule has 0 N–H and O–H groups in total. The van der Waals surface area contributed by atoms with Crippen molar-refractivity contribution in [3.63, 3.8) is 0 Å². The molecule has 138 valence electrons. The van der Waals surface area contributed by atoms with E-state index in [1.807, 2.05) is 28.8 Å². The first-order chi connectivity index (χ1) is 13.1. The third-order valence-electron chi connectivity index (χ3n) is 3.58. The number of benzene rings is 1. The van der Waals surface area contributed by atoms with Gasteiger partial charge in [0.2, 0.25) is 0 Å². The molecule has 0 bridgehead atoms. The fourth-order valence-electron chi connectivity index (χ4n) is 2.32. The van der Waals surface area contributed by atoms with E-state index in [0.29, 0.717) is 23.3 Å². The maximum atomic E-state index is 10.6. The van der Waals surface area contributed by atoms with Crippen LogP contribution >= 0.6 is 11.8 Å². The Kier molecular flexibility index (Phi) is 5.72. The first kappa shape index (κ1) is 18.5. The summed E-state index contributed by atoms with van der Waals surface area (Å²) >= 11 is 1.33. The van der Waals surface area contributed by atoms with Crippen molar-refractivity contribution >= 4 is 23.7 Å². The standard InChI is InChI=1S/C18H16N4O4S/c1-3-11-21-17(13-4-6-14(25-2)7-5-13)19-20-18(21)27-12-10-15-8-9-16(26-15)22(23)24/h3-10,12H,1,11H2,2H3/b12-10+. The summed E-state index contributed by atoms with van der Waals surface area (Å²) in [6.07, 6.45) is 3.40. The van der Waals surface area contributed by atoms with Crippen molar-refractivity contribution in [2.75, 3.05) is 7.11 Å². The number of rotatable bonds is 8. The summed E-state index contributed by atoms with van der Waals surface area (Å²) in [5, 5.41) is 21.5. The Morgan fingerprint density at radius 1 is 1.30 bits per heavy atom. The SMILES string of the molecule is C=CCn1c(S/C=C/c2ccc([N+](=O)[O-])o2)nnc1-c1ccc(OC)cc1. The molecule has 0 saturated heterocycles. The Hall–Kier alpha value is -3.33. The van der Waals surface area contributed by atoms with Gasteiger partial charge >= 0.3 is 5.88 Å². The quantitative estimate of drug-likeness (QED) is 0.246. The lowest BCUT2D eigenvalue weighted by Gasteiger charge is -2.07. The Bertz CT molecular complexity index is 976. The molecular weight excluding hydrogens is 368 g/mol. The lowest BCUT2D eigenvalue weighted by molar-refractivity contribution is -0.402. The zero-order chi connectivity index (χ0) is 19.2. The number of aromatic nitrogens is 3. The van der Waals surface area contributed by atoms with Gasteiger partial charge in [0.25, 0.3) is 0 Å². The summed E-state index contributed by atoms with van der Waals surface area (Å²) in [6, 6.07) is 10.4. The molecule has 8 nitrogen and oxygen atoms in total. The monoisotopic (exact) mass is 384 g/mol. The Morgan fingerprint density at radius 2 is 2.07 bits per heavy atom. The van der Waals surface area contributed by atoms with Crippen LogP contribution < -0.4 is 4.74 Å². The van der Waals surface area contributed by atoms with Gasteiger partial charge in [0.15, 0.2) is 11.0 Å². The fraction of sp³-hybridized carbons (Fsp3) is 0.111. The minimum Gasteiger partial charge on any atom is -0.497 e. The number of thioether (sulfide) groups is 1. The summed E-state index contributed by atoms with van der Waals surface area (Å²) in [5.74, 6) is 1.57. The molecule has 2 heterocycles. The molecule has 0 aliphatic rings. The van der Waals surface area contributed by atoms with Crippen LogP contribution in [0.2, 0.25) is 0 Å². The highest BCUT2D eigenvalue weighted by Gasteiger charge is 2.13. The Morgan fingerprint density at radius 3 is 2.70 bits per heavy atom. The molecule has 0 radical (unpaired) electrons. The van der Waals surface area contributed by atoms with E-state index in [1.165, 1.54) is 23.9 Å². The molecule has 0 atom stereocenters. The van der Waals surface area contributed by atoms with E-state index >= 15 is 0 Å². The minimum atomic E-state index is -0.577. The Balaban J connectivity index is 1.80. The van der Waals surface area contributed by atoms with Crippen LogP contribution in [0, 0.1) is 10.1 Å². The molecule has 1 aromatic carbocycles. The smallest absolute Gasteiger partial charge is 0.433 e. The van der Waals surface area contributed by atoms with Gasteiger partial charge in [0.05, 0.1) is 13.2 Å². The second-order valence-electron chi connectivity index (χ2n) is 5.29.